The molecule has 1 fully saturated rings. The number of thiophene rings is 1. The molecule has 1 saturated heterocycles. The van der Waals surface area contributed by atoms with Crippen molar-refractivity contribution >= 4 is 22.9 Å². The lowest BCUT2D eigenvalue weighted by Crippen LogP contribution is -2.36. The fourth-order valence-corrected chi connectivity index (χ4v) is 3.91. The van der Waals surface area contributed by atoms with E-state index in [1.807, 2.05) is 11.4 Å². The first-order valence-electron chi connectivity index (χ1n) is 7.96. The summed E-state index contributed by atoms with van der Waals surface area (Å²) < 4.78 is 0. The molecule has 2 aromatic rings. The standard InChI is InChI=1S/C17H19N3O3S/c21-17(13-6-1-2-7-14(13)20(22)23)18-12-15(16-8-5-11-24-16)19-9-3-4-10-19/h1-2,5-8,11,15H,3-4,9-10,12H2,(H,18,21). The van der Waals surface area contributed by atoms with Crippen molar-refractivity contribution in [3.05, 3.63) is 62.3 Å². The van der Waals surface area contributed by atoms with Gasteiger partial charge < -0.3 is 5.32 Å². The van der Waals surface area contributed by atoms with Crippen LogP contribution in [0.2, 0.25) is 0 Å². The average molecular weight is 345 g/mol. The molecule has 126 valence electrons. The summed E-state index contributed by atoms with van der Waals surface area (Å²) >= 11 is 1.67. The smallest absolute Gasteiger partial charge is 0.282 e. The lowest BCUT2D eigenvalue weighted by Gasteiger charge is -2.26. The molecule has 0 radical (unpaired) electrons. The minimum atomic E-state index is -0.522. The van der Waals surface area contributed by atoms with Crippen molar-refractivity contribution in [1.82, 2.24) is 10.2 Å². The Hall–Kier alpha value is -2.25. The number of nitro benzene ring substituents is 1. The van der Waals surface area contributed by atoms with E-state index in [4.69, 9.17) is 0 Å². The van der Waals surface area contributed by atoms with Crippen LogP contribution in [0.15, 0.2) is 41.8 Å². The molecule has 1 atom stereocenters. The number of carbonyl (C=O) groups excluding carboxylic acids is 1. The van der Waals surface area contributed by atoms with Crippen LogP contribution < -0.4 is 5.32 Å². The molecule has 1 aliphatic heterocycles. The number of para-hydroxylation sites is 1. The van der Waals surface area contributed by atoms with Gasteiger partial charge in [0, 0.05) is 17.5 Å². The Kier molecular flexibility index (Phi) is 5.22. The van der Waals surface area contributed by atoms with Crippen molar-refractivity contribution in [2.75, 3.05) is 19.6 Å². The minimum Gasteiger partial charge on any atom is -0.350 e. The van der Waals surface area contributed by atoms with Crippen LogP contribution in [0.3, 0.4) is 0 Å². The first-order valence-corrected chi connectivity index (χ1v) is 8.84. The Morgan fingerprint density at radius 1 is 1.25 bits per heavy atom. The summed E-state index contributed by atoms with van der Waals surface area (Å²) in [4.78, 5) is 26.6. The number of benzene rings is 1. The van der Waals surface area contributed by atoms with E-state index in [0.717, 1.165) is 13.1 Å². The number of hydrogen-bond acceptors (Lipinski definition) is 5. The molecule has 0 saturated carbocycles. The van der Waals surface area contributed by atoms with Gasteiger partial charge in [0.25, 0.3) is 11.6 Å². The highest BCUT2D eigenvalue weighted by Crippen LogP contribution is 2.28. The Bertz CT molecular complexity index is 712. The van der Waals surface area contributed by atoms with Crippen molar-refractivity contribution in [2.45, 2.75) is 18.9 Å². The third-order valence-corrected chi connectivity index (χ3v) is 5.23. The van der Waals surface area contributed by atoms with Crippen molar-refractivity contribution in [1.29, 1.82) is 0 Å². The number of nitro groups is 1. The van der Waals surface area contributed by atoms with Gasteiger partial charge in [0.15, 0.2) is 0 Å². The van der Waals surface area contributed by atoms with Gasteiger partial charge in [-0.15, -0.1) is 11.3 Å². The van der Waals surface area contributed by atoms with E-state index in [0.29, 0.717) is 6.54 Å². The van der Waals surface area contributed by atoms with Gasteiger partial charge in [0.05, 0.1) is 11.0 Å². The number of likely N-dealkylation sites (tertiary alicyclic amines) is 1. The Morgan fingerprint density at radius 2 is 2.00 bits per heavy atom. The van der Waals surface area contributed by atoms with Gasteiger partial charge in [0.2, 0.25) is 0 Å². The molecule has 1 aromatic heterocycles. The summed E-state index contributed by atoms with van der Waals surface area (Å²) in [7, 11) is 0. The number of carbonyl (C=O) groups is 1. The maximum absolute atomic E-state index is 12.4. The van der Waals surface area contributed by atoms with E-state index in [2.05, 4.69) is 16.3 Å². The van der Waals surface area contributed by atoms with Crippen LogP contribution in [-0.4, -0.2) is 35.4 Å². The van der Waals surface area contributed by atoms with Crippen molar-refractivity contribution in [3.8, 4) is 0 Å². The van der Waals surface area contributed by atoms with Crippen LogP contribution in [0.5, 0.6) is 0 Å². The zero-order chi connectivity index (χ0) is 16.9. The molecule has 24 heavy (non-hydrogen) atoms. The third-order valence-electron chi connectivity index (χ3n) is 4.25. The monoisotopic (exact) mass is 345 g/mol. The van der Waals surface area contributed by atoms with Crippen molar-refractivity contribution < 1.29 is 9.72 Å². The van der Waals surface area contributed by atoms with Crippen LogP contribution in [0.4, 0.5) is 5.69 Å². The SMILES string of the molecule is O=C(NCC(c1cccs1)N1CCCC1)c1ccccc1[N+](=O)[O-]. The molecule has 0 bridgehead atoms. The van der Waals surface area contributed by atoms with Crippen LogP contribution in [-0.2, 0) is 0 Å². The first-order chi connectivity index (χ1) is 11.7. The van der Waals surface area contributed by atoms with Gasteiger partial charge in [-0.05, 0) is 43.4 Å². The topological polar surface area (TPSA) is 75.5 Å². The highest BCUT2D eigenvalue weighted by Gasteiger charge is 2.26. The molecule has 6 nitrogen and oxygen atoms in total. The third kappa shape index (κ3) is 3.63. The quantitative estimate of drug-likeness (QED) is 0.644. The molecule has 1 amide bonds. The molecule has 2 heterocycles. The summed E-state index contributed by atoms with van der Waals surface area (Å²) in [6.07, 6.45) is 2.33. The van der Waals surface area contributed by atoms with Crippen LogP contribution in [0.25, 0.3) is 0 Å². The van der Waals surface area contributed by atoms with E-state index in [1.54, 1.807) is 23.5 Å². The van der Waals surface area contributed by atoms with Gasteiger partial charge in [-0.3, -0.25) is 19.8 Å². The van der Waals surface area contributed by atoms with E-state index >= 15 is 0 Å². The lowest BCUT2D eigenvalue weighted by molar-refractivity contribution is -0.385. The van der Waals surface area contributed by atoms with E-state index in [1.165, 1.54) is 29.9 Å². The van der Waals surface area contributed by atoms with Gasteiger partial charge in [-0.25, -0.2) is 0 Å². The molecule has 1 aliphatic rings. The van der Waals surface area contributed by atoms with Gasteiger partial charge in [0.1, 0.15) is 5.56 Å². The van der Waals surface area contributed by atoms with E-state index in [9.17, 15) is 14.9 Å². The zero-order valence-electron chi connectivity index (χ0n) is 13.2. The number of amides is 1. The molecular weight excluding hydrogens is 326 g/mol. The lowest BCUT2D eigenvalue weighted by atomic mass is 10.1. The molecule has 7 heteroatoms. The van der Waals surface area contributed by atoms with Crippen LogP contribution >= 0.6 is 11.3 Å². The van der Waals surface area contributed by atoms with E-state index < -0.39 is 10.8 Å². The largest absolute Gasteiger partial charge is 0.350 e. The van der Waals surface area contributed by atoms with Crippen LogP contribution in [0.1, 0.15) is 34.1 Å². The summed E-state index contributed by atoms with van der Waals surface area (Å²) in [5.41, 5.74) is -0.0577. The van der Waals surface area contributed by atoms with Crippen molar-refractivity contribution in [3.63, 3.8) is 0 Å². The molecular formula is C17H19N3O3S. The highest BCUT2D eigenvalue weighted by atomic mass is 32.1. The molecule has 0 aliphatic carbocycles. The first kappa shape index (κ1) is 16.6. The van der Waals surface area contributed by atoms with Gasteiger partial charge >= 0.3 is 0 Å². The Balaban J connectivity index is 1.73. The Labute approximate surface area is 144 Å². The maximum atomic E-state index is 12.4. The zero-order valence-corrected chi connectivity index (χ0v) is 14.0. The predicted molar refractivity (Wildman–Crippen MR) is 93.3 cm³/mol. The second kappa shape index (κ2) is 7.55. The molecule has 0 spiro atoms. The maximum Gasteiger partial charge on any atom is 0.282 e. The molecule has 1 aromatic carbocycles. The molecule has 1 N–H and O–H groups in total. The molecule has 1 unspecified atom stereocenters. The minimum absolute atomic E-state index is 0.105. The fraction of sp³-hybridized carbons (Fsp3) is 0.353. The number of rotatable bonds is 6. The Morgan fingerprint density at radius 3 is 2.67 bits per heavy atom. The molecule has 3 rings (SSSR count). The van der Waals surface area contributed by atoms with Crippen molar-refractivity contribution in [2.24, 2.45) is 0 Å². The normalized spacial score (nSPS) is 16.0. The summed E-state index contributed by atoms with van der Waals surface area (Å²) in [5.74, 6) is -0.400. The van der Waals surface area contributed by atoms with Crippen LogP contribution in [0, 0.1) is 10.1 Å². The van der Waals surface area contributed by atoms with E-state index in [-0.39, 0.29) is 17.3 Å². The second-order valence-electron chi connectivity index (χ2n) is 5.76. The average Bonchev–Trinajstić information content (AvgIpc) is 3.29. The van der Waals surface area contributed by atoms with Gasteiger partial charge in [-0.1, -0.05) is 18.2 Å². The summed E-state index contributed by atoms with van der Waals surface area (Å²) in [6.45, 7) is 2.49. The second-order valence-corrected chi connectivity index (χ2v) is 6.74. The number of nitrogens with one attached hydrogen (secondary N) is 1. The number of hydrogen-bond donors (Lipinski definition) is 1. The fourth-order valence-electron chi connectivity index (χ4n) is 3.05. The summed E-state index contributed by atoms with van der Waals surface area (Å²) in [5, 5.41) is 16.0. The summed E-state index contributed by atoms with van der Waals surface area (Å²) in [6, 6.07) is 10.2. The predicted octanol–water partition coefficient (Wildman–Crippen LogP) is 3.22. The van der Waals surface area contributed by atoms with Gasteiger partial charge in [-0.2, -0.15) is 0 Å². The highest BCUT2D eigenvalue weighted by molar-refractivity contribution is 7.10. The number of nitrogens with zero attached hydrogens (tertiary/aromatic N) is 2.